The quantitative estimate of drug-likeness (QED) is 0.464. The van der Waals surface area contributed by atoms with Crippen LogP contribution >= 0.6 is 0 Å². The number of ether oxygens (including phenoxy) is 2. The molecule has 1 aliphatic rings. The number of fused-ring (bicyclic) bond motifs is 1. The van der Waals surface area contributed by atoms with Crippen LogP contribution in [-0.4, -0.2) is 23.1 Å². The zero-order valence-electron chi connectivity index (χ0n) is 14.4. The van der Waals surface area contributed by atoms with Crippen LogP contribution < -0.4 is 16.0 Å². The molecule has 7 heteroatoms. The summed E-state index contributed by atoms with van der Waals surface area (Å²) in [5.74, 6) is 4.79. The molecule has 3 N–H and O–H groups in total. The molecule has 24 heavy (non-hydrogen) atoms. The highest BCUT2D eigenvalue weighted by Gasteiger charge is 2.32. The second-order valence-corrected chi connectivity index (χ2v) is 6.49. The van der Waals surface area contributed by atoms with E-state index in [0.29, 0.717) is 18.6 Å². The van der Waals surface area contributed by atoms with Crippen molar-refractivity contribution in [2.45, 2.75) is 58.7 Å². The Hall–Kier alpha value is -2.17. The number of hydrogen-bond acceptors (Lipinski definition) is 6. The smallest absolute Gasteiger partial charge is 0.271 e. The molecule has 2 rings (SSSR count). The zero-order valence-corrected chi connectivity index (χ0v) is 14.4. The van der Waals surface area contributed by atoms with Gasteiger partial charge >= 0.3 is 0 Å². The molecule has 130 valence electrons. The van der Waals surface area contributed by atoms with Crippen LogP contribution in [0.1, 0.15) is 56.0 Å². The molecule has 0 aliphatic carbocycles. The van der Waals surface area contributed by atoms with Gasteiger partial charge in [0.15, 0.2) is 6.61 Å². The molecule has 7 nitrogen and oxygen atoms in total. The van der Waals surface area contributed by atoms with Crippen molar-refractivity contribution in [3.8, 4) is 11.9 Å². The third-order valence-corrected chi connectivity index (χ3v) is 4.05. The molecule has 0 aromatic carbocycles. The van der Waals surface area contributed by atoms with Gasteiger partial charge in [0.25, 0.3) is 5.91 Å². The maximum Gasteiger partial charge on any atom is 0.271 e. The molecule has 1 amide bonds. The van der Waals surface area contributed by atoms with Gasteiger partial charge in [-0.1, -0.05) is 13.3 Å². The maximum absolute atomic E-state index is 11.3. The van der Waals surface area contributed by atoms with Gasteiger partial charge in [0, 0.05) is 12.0 Å². The summed E-state index contributed by atoms with van der Waals surface area (Å²) in [5.41, 5.74) is 4.81. The van der Waals surface area contributed by atoms with Crippen molar-refractivity contribution in [1.29, 1.82) is 5.26 Å². The molecular formula is C17H24N4O3. The Morgan fingerprint density at radius 1 is 1.50 bits per heavy atom. The number of amides is 1. The van der Waals surface area contributed by atoms with Gasteiger partial charge in [-0.3, -0.25) is 10.2 Å². The van der Waals surface area contributed by atoms with Crippen molar-refractivity contribution in [1.82, 2.24) is 10.4 Å². The summed E-state index contributed by atoms with van der Waals surface area (Å²) in [6.07, 6.45) is 3.41. The highest BCUT2D eigenvalue weighted by Crippen LogP contribution is 2.35. The lowest BCUT2D eigenvalue weighted by Gasteiger charge is -2.33. The minimum absolute atomic E-state index is 0.198. The average molecular weight is 332 g/mol. The molecule has 0 radical (unpaired) electrons. The number of rotatable bonds is 6. The Morgan fingerprint density at radius 2 is 2.25 bits per heavy atom. The highest BCUT2D eigenvalue weighted by atomic mass is 16.5. The third kappa shape index (κ3) is 4.02. The van der Waals surface area contributed by atoms with Crippen LogP contribution in [0.2, 0.25) is 0 Å². The molecule has 0 fully saturated rings. The Balaban J connectivity index is 2.46. The summed E-state index contributed by atoms with van der Waals surface area (Å²) in [6, 6.07) is 2.18. The molecule has 0 bridgehead atoms. The zero-order chi connectivity index (χ0) is 17.7. The monoisotopic (exact) mass is 332 g/mol. The molecule has 0 saturated carbocycles. The van der Waals surface area contributed by atoms with Crippen molar-refractivity contribution in [2.75, 3.05) is 6.61 Å². The van der Waals surface area contributed by atoms with E-state index in [9.17, 15) is 10.1 Å². The second-order valence-electron chi connectivity index (χ2n) is 6.49. The summed E-state index contributed by atoms with van der Waals surface area (Å²) >= 11 is 0. The first-order valence-electron chi connectivity index (χ1n) is 8.12. The largest absolute Gasteiger partial charge is 0.467 e. The van der Waals surface area contributed by atoms with Gasteiger partial charge in [0.2, 0.25) is 5.88 Å². The lowest BCUT2D eigenvalue weighted by molar-refractivity contribution is -0.123. The van der Waals surface area contributed by atoms with Crippen molar-refractivity contribution in [3.63, 3.8) is 0 Å². The molecular weight excluding hydrogens is 308 g/mol. The lowest BCUT2D eigenvalue weighted by Crippen LogP contribution is -2.35. The van der Waals surface area contributed by atoms with Crippen molar-refractivity contribution < 1.29 is 14.3 Å². The number of aryl methyl sites for hydroxylation is 1. The lowest BCUT2D eigenvalue weighted by atomic mass is 9.87. The number of carbonyl (C=O) groups excluding carboxylic acids is 1. The predicted octanol–water partition coefficient (Wildman–Crippen LogP) is 1.52. The summed E-state index contributed by atoms with van der Waals surface area (Å²) in [4.78, 5) is 15.8. The number of nitrogens with one attached hydrogen (secondary N) is 1. The van der Waals surface area contributed by atoms with Crippen LogP contribution in [0.3, 0.4) is 0 Å². The summed E-state index contributed by atoms with van der Waals surface area (Å²) in [6.45, 7) is 6.26. The number of nitriles is 1. The van der Waals surface area contributed by atoms with E-state index >= 15 is 0 Å². The van der Waals surface area contributed by atoms with Crippen LogP contribution in [0, 0.1) is 11.3 Å². The van der Waals surface area contributed by atoms with Gasteiger partial charge in [-0.25, -0.2) is 10.8 Å². The second kappa shape index (κ2) is 7.60. The number of aromatic nitrogens is 1. The average Bonchev–Trinajstić information content (AvgIpc) is 2.56. The van der Waals surface area contributed by atoms with E-state index in [1.807, 2.05) is 19.3 Å². The van der Waals surface area contributed by atoms with Crippen LogP contribution in [0.15, 0.2) is 0 Å². The van der Waals surface area contributed by atoms with Gasteiger partial charge in [0.05, 0.1) is 17.9 Å². The van der Waals surface area contributed by atoms with Crippen molar-refractivity contribution in [3.05, 3.63) is 22.4 Å². The van der Waals surface area contributed by atoms with Gasteiger partial charge < -0.3 is 9.47 Å². The molecule has 0 unspecified atom stereocenters. The standard InChI is InChI=1S/C17H24N4O3/c1-4-5-6-14-13-9-24-17(2,3)7-11(13)12(8-18)16(20-14)23-10-15(22)21-19/h4-7,9-10,19H2,1-3H3,(H,21,22). The number of pyridine rings is 1. The molecule has 0 saturated heterocycles. The summed E-state index contributed by atoms with van der Waals surface area (Å²) in [7, 11) is 0. The van der Waals surface area contributed by atoms with Crippen LogP contribution in [0.5, 0.6) is 5.88 Å². The number of unbranched alkanes of at least 4 members (excludes halogenated alkanes) is 1. The van der Waals surface area contributed by atoms with Crippen LogP contribution in [0.4, 0.5) is 0 Å². The van der Waals surface area contributed by atoms with Crippen LogP contribution in [0.25, 0.3) is 0 Å². The number of nitrogens with zero attached hydrogens (tertiary/aromatic N) is 2. The molecule has 1 aromatic heterocycles. The molecule has 0 atom stereocenters. The van der Waals surface area contributed by atoms with E-state index in [4.69, 9.17) is 15.3 Å². The number of carbonyl (C=O) groups is 1. The fraction of sp³-hybridized carbons (Fsp3) is 0.588. The number of hydrazine groups is 1. The molecule has 1 aliphatic heterocycles. The Bertz CT molecular complexity index is 665. The molecule has 2 heterocycles. The van der Waals surface area contributed by atoms with Gasteiger partial charge in [0.1, 0.15) is 11.6 Å². The first-order valence-corrected chi connectivity index (χ1v) is 8.12. The molecule has 1 aromatic rings. The van der Waals surface area contributed by atoms with Gasteiger partial charge in [-0.05, 0) is 32.3 Å². The van der Waals surface area contributed by atoms with E-state index < -0.39 is 5.91 Å². The first kappa shape index (κ1) is 18.2. The van der Waals surface area contributed by atoms with E-state index in [-0.39, 0.29) is 18.1 Å². The SMILES string of the molecule is CCCCc1nc(OCC(=O)NN)c(C#N)c2c1COC(C)(C)C2. The summed E-state index contributed by atoms with van der Waals surface area (Å²) in [5, 5.41) is 9.60. The normalized spacial score (nSPS) is 15.3. The van der Waals surface area contributed by atoms with Gasteiger partial charge in [-0.15, -0.1) is 0 Å². The minimum Gasteiger partial charge on any atom is -0.467 e. The van der Waals surface area contributed by atoms with E-state index in [1.54, 1.807) is 0 Å². The van der Waals surface area contributed by atoms with Gasteiger partial charge in [-0.2, -0.15) is 5.26 Å². The third-order valence-electron chi connectivity index (χ3n) is 4.05. The fourth-order valence-electron chi connectivity index (χ4n) is 2.76. The fourth-order valence-corrected chi connectivity index (χ4v) is 2.76. The first-order chi connectivity index (χ1) is 11.4. The highest BCUT2D eigenvalue weighted by molar-refractivity contribution is 5.76. The topological polar surface area (TPSA) is 110 Å². The van der Waals surface area contributed by atoms with E-state index in [0.717, 1.165) is 36.1 Å². The number of nitrogens with two attached hydrogens (primary N) is 1. The van der Waals surface area contributed by atoms with E-state index in [2.05, 4.69) is 18.0 Å². The Labute approximate surface area is 142 Å². The predicted molar refractivity (Wildman–Crippen MR) is 88.0 cm³/mol. The Morgan fingerprint density at radius 3 is 2.88 bits per heavy atom. The van der Waals surface area contributed by atoms with E-state index in [1.165, 1.54) is 0 Å². The maximum atomic E-state index is 11.3. The minimum atomic E-state index is -0.475. The Kier molecular flexibility index (Phi) is 5.75. The van der Waals surface area contributed by atoms with Crippen molar-refractivity contribution >= 4 is 5.91 Å². The van der Waals surface area contributed by atoms with Crippen LogP contribution in [-0.2, 0) is 29.0 Å². The van der Waals surface area contributed by atoms with Crippen molar-refractivity contribution in [2.24, 2.45) is 5.84 Å². The number of hydrogen-bond donors (Lipinski definition) is 2. The summed E-state index contributed by atoms with van der Waals surface area (Å²) < 4.78 is 11.4. The molecule has 0 spiro atoms.